The summed E-state index contributed by atoms with van der Waals surface area (Å²) in [5.74, 6) is -1.72. The first-order valence-corrected chi connectivity index (χ1v) is 6.75. The number of nitrogens with zero attached hydrogens (tertiary/aromatic N) is 3. The second-order valence-corrected chi connectivity index (χ2v) is 5.19. The van der Waals surface area contributed by atoms with Crippen LogP contribution in [0.1, 0.15) is 36.2 Å². The lowest BCUT2D eigenvalue weighted by Crippen LogP contribution is -2.44. The highest BCUT2D eigenvalue weighted by Crippen LogP contribution is 2.20. The van der Waals surface area contributed by atoms with Gasteiger partial charge in [-0.25, -0.2) is 4.79 Å². The van der Waals surface area contributed by atoms with E-state index >= 15 is 0 Å². The third kappa shape index (κ3) is 3.21. The Kier molecular flexibility index (Phi) is 4.25. The molecule has 1 atom stereocenters. The molecule has 1 aliphatic rings. The number of likely N-dealkylation sites (tertiary alicyclic amines) is 1. The first-order valence-electron chi connectivity index (χ1n) is 6.75. The number of nitrogens with two attached hydrogens (primary N) is 1. The van der Waals surface area contributed by atoms with Gasteiger partial charge in [0.05, 0.1) is 11.8 Å². The average molecular weight is 294 g/mol. The average Bonchev–Trinajstić information content (AvgIpc) is 2.96. The van der Waals surface area contributed by atoms with Gasteiger partial charge in [0, 0.05) is 25.2 Å². The zero-order valence-corrected chi connectivity index (χ0v) is 11.7. The maximum absolute atomic E-state index is 12.4. The summed E-state index contributed by atoms with van der Waals surface area (Å²) in [5.41, 5.74) is 5.30. The van der Waals surface area contributed by atoms with Crippen LogP contribution >= 0.6 is 0 Å². The highest BCUT2D eigenvalue weighted by Gasteiger charge is 2.29. The Morgan fingerprint density at radius 1 is 1.38 bits per heavy atom. The summed E-state index contributed by atoms with van der Waals surface area (Å²) in [4.78, 5) is 35.9. The third-order valence-corrected chi connectivity index (χ3v) is 3.81. The van der Waals surface area contributed by atoms with Gasteiger partial charge in [0.15, 0.2) is 0 Å². The van der Waals surface area contributed by atoms with Crippen LogP contribution in [0.25, 0.3) is 0 Å². The van der Waals surface area contributed by atoms with E-state index in [1.807, 2.05) is 0 Å². The summed E-state index contributed by atoms with van der Waals surface area (Å²) in [7, 11) is 0. The monoisotopic (exact) mass is 294 g/mol. The van der Waals surface area contributed by atoms with Crippen molar-refractivity contribution in [1.29, 1.82) is 0 Å². The van der Waals surface area contributed by atoms with Gasteiger partial charge in [-0.15, -0.1) is 0 Å². The molecule has 0 radical (unpaired) electrons. The number of primary amides is 1. The van der Waals surface area contributed by atoms with E-state index in [1.54, 1.807) is 11.8 Å². The number of hydrogen-bond acceptors (Lipinski definition) is 4. The number of amides is 2. The molecule has 1 aromatic heterocycles. The topological polar surface area (TPSA) is 119 Å². The van der Waals surface area contributed by atoms with Crippen molar-refractivity contribution in [3.63, 3.8) is 0 Å². The lowest BCUT2D eigenvalue weighted by atomic mass is 9.96. The molecule has 21 heavy (non-hydrogen) atoms. The van der Waals surface area contributed by atoms with Crippen LogP contribution in [0.4, 0.5) is 0 Å². The zero-order valence-electron chi connectivity index (χ0n) is 11.7. The fourth-order valence-electron chi connectivity index (χ4n) is 2.42. The minimum Gasteiger partial charge on any atom is -0.478 e. The summed E-state index contributed by atoms with van der Waals surface area (Å²) < 4.78 is 1.34. The largest absolute Gasteiger partial charge is 0.478 e. The van der Waals surface area contributed by atoms with Gasteiger partial charge < -0.3 is 15.7 Å². The predicted molar refractivity (Wildman–Crippen MR) is 72.4 cm³/mol. The van der Waals surface area contributed by atoms with E-state index in [0.29, 0.717) is 25.9 Å². The summed E-state index contributed by atoms with van der Waals surface area (Å²) in [6.07, 6.45) is 3.67. The van der Waals surface area contributed by atoms with Crippen LogP contribution in [0.5, 0.6) is 0 Å². The summed E-state index contributed by atoms with van der Waals surface area (Å²) in [6.45, 7) is 2.62. The van der Waals surface area contributed by atoms with Crippen molar-refractivity contribution >= 4 is 17.8 Å². The van der Waals surface area contributed by atoms with Gasteiger partial charge in [0.2, 0.25) is 11.8 Å². The van der Waals surface area contributed by atoms with Gasteiger partial charge in [0.1, 0.15) is 6.04 Å². The van der Waals surface area contributed by atoms with E-state index in [1.165, 1.54) is 17.1 Å². The quantitative estimate of drug-likeness (QED) is 0.801. The van der Waals surface area contributed by atoms with Crippen LogP contribution in [0.15, 0.2) is 12.4 Å². The highest BCUT2D eigenvalue weighted by atomic mass is 16.4. The van der Waals surface area contributed by atoms with E-state index in [4.69, 9.17) is 10.8 Å². The Hall–Kier alpha value is -2.38. The van der Waals surface area contributed by atoms with E-state index in [-0.39, 0.29) is 23.3 Å². The Morgan fingerprint density at radius 2 is 2.00 bits per heavy atom. The Balaban J connectivity index is 1.99. The van der Waals surface area contributed by atoms with E-state index in [9.17, 15) is 14.4 Å². The molecule has 8 heteroatoms. The molecular formula is C13H18N4O4. The number of carboxylic acids is 1. The molecule has 0 aliphatic carbocycles. The number of hydrogen-bond donors (Lipinski definition) is 2. The lowest BCUT2D eigenvalue weighted by molar-refractivity contribution is -0.137. The van der Waals surface area contributed by atoms with Crippen LogP contribution in [0.2, 0.25) is 0 Å². The first kappa shape index (κ1) is 15.0. The fraction of sp³-hybridized carbons (Fsp3) is 0.538. The normalized spacial score (nSPS) is 17.5. The van der Waals surface area contributed by atoms with Gasteiger partial charge in [-0.3, -0.25) is 14.3 Å². The van der Waals surface area contributed by atoms with Crippen molar-refractivity contribution in [2.24, 2.45) is 11.7 Å². The Bertz CT molecular complexity index is 560. The Labute approximate surface area is 121 Å². The zero-order chi connectivity index (χ0) is 15.6. The molecule has 0 bridgehead atoms. The Morgan fingerprint density at radius 3 is 2.48 bits per heavy atom. The second kappa shape index (κ2) is 5.94. The molecule has 1 saturated heterocycles. The molecule has 1 aliphatic heterocycles. The molecule has 0 saturated carbocycles. The summed E-state index contributed by atoms with van der Waals surface area (Å²) in [5, 5.41) is 12.8. The van der Waals surface area contributed by atoms with E-state index in [2.05, 4.69) is 5.10 Å². The third-order valence-electron chi connectivity index (χ3n) is 3.81. The van der Waals surface area contributed by atoms with Gasteiger partial charge in [-0.05, 0) is 19.8 Å². The highest BCUT2D eigenvalue weighted by molar-refractivity contribution is 5.87. The molecule has 0 spiro atoms. The number of carboxylic acid groups (broad SMARTS) is 1. The van der Waals surface area contributed by atoms with Crippen LogP contribution in [-0.4, -0.2) is 50.7 Å². The molecule has 1 unspecified atom stereocenters. The molecule has 2 amide bonds. The molecule has 2 rings (SSSR count). The van der Waals surface area contributed by atoms with E-state index in [0.717, 1.165) is 0 Å². The SMILES string of the molecule is CC(C(=O)N1CCC(C(N)=O)CC1)n1cc(C(=O)O)cn1. The van der Waals surface area contributed by atoms with Crippen LogP contribution in [0, 0.1) is 5.92 Å². The maximum Gasteiger partial charge on any atom is 0.338 e. The number of carbonyl (C=O) groups excluding carboxylic acids is 2. The van der Waals surface area contributed by atoms with Gasteiger partial charge in [0.25, 0.3) is 0 Å². The first-order chi connectivity index (χ1) is 9.90. The van der Waals surface area contributed by atoms with Crippen molar-refractivity contribution < 1.29 is 19.5 Å². The van der Waals surface area contributed by atoms with Crippen LogP contribution in [-0.2, 0) is 9.59 Å². The maximum atomic E-state index is 12.4. The number of piperidine rings is 1. The van der Waals surface area contributed by atoms with Gasteiger partial charge >= 0.3 is 5.97 Å². The number of carbonyl (C=O) groups is 3. The molecule has 1 aromatic rings. The number of rotatable bonds is 4. The molecule has 3 N–H and O–H groups in total. The van der Waals surface area contributed by atoms with Crippen molar-refractivity contribution in [1.82, 2.24) is 14.7 Å². The molecule has 0 aromatic carbocycles. The summed E-state index contributed by atoms with van der Waals surface area (Å²) >= 11 is 0. The van der Waals surface area contributed by atoms with E-state index < -0.39 is 12.0 Å². The number of aromatic nitrogens is 2. The van der Waals surface area contributed by atoms with Crippen molar-refractivity contribution in [2.45, 2.75) is 25.8 Å². The molecule has 8 nitrogen and oxygen atoms in total. The minimum absolute atomic E-state index is 0.0436. The number of aromatic carboxylic acids is 1. The predicted octanol–water partition coefficient (Wildman–Crippen LogP) is -0.134. The fourth-order valence-corrected chi connectivity index (χ4v) is 2.42. The van der Waals surface area contributed by atoms with Gasteiger partial charge in [-0.2, -0.15) is 5.10 Å². The van der Waals surface area contributed by atoms with Crippen LogP contribution in [0.3, 0.4) is 0 Å². The smallest absolute Gasteiger partial charge is 0.338 e. The van der Waals surface area contributed by atoms with Crippen molar-refractivity contribution in [2.75, 3.05) is 13.1 Å². The molecule has 2 heterocycles. The molecule has 114 valence electrons. The van der Waals surface area contributed by atoms with Crippen molar-refractivity contribution in [3.05, 3.63) is 18.0 Å². The van der Waals surface area contributed by atoms with Gasteiger partial charge in [-0.1, -0.05) is 0 Å². The molecular weight excluding hydrogens is 276 g/mol. The minimum atomic E-state index is -1.08. The second-order valence-electron chi connectivity index (χ2n) is 5.19. The molecule has 1 fully saturated rings. The lowest BCUT2D eigenvalue weighted by Gasteiger charge is -2.32. The summed E-state index contributed by atoms with van der Waals surface area (Å²) in [6, 6.07) is -0.580. The standard InChI is InChI=1S/C13H18N4O4/c1-8(17-7-10(6-15-17)13(20)21)12(19)16-4-2-9(3-5-16)11(14)18/h6-9H,2-5H2,1H3,(H2,14,18)(H,20,21). The van der Waals surface area contributed by atoms with Crippen molar-refractivity contribution in [3.8, 4) is 0 Å². The van der Waals surface area contributed by atoms with Crippen LogP contribution < -0.4 is 5.73 Å².